The number of piperidine rings is 1. The first-order valence-corrected chi connectivity index (χ1v) is 16.0. The minimum atomic E-state index is -1.09. The first-order valence-electron chi connectivity index (χ1n) is 16.0. The van der Waals surface area contributed by atoms with Crippen LogP contribution in [0, 0.1) is 5.92 Å². The number of aliphatic carboxylic acids is 1. The second-order valence-corrected chi connectivity index (χ2v) is 11.7. The van der Waals surface area contributed by atoms with Crippen LogP contribution in [0.4, 0.5) is 0 Å². The van der Waals surface area contributed by atoms with E-state index in [2.05, 4.69) is 13.8 Å². The van der Waals surface area contributed by atoms with Crippen molar-refractivity contribution in [2.75, 3.05) is 27.4 Å². The summed E-state index contributed by atoms with van der Waals surface area (Å²) in [5.41, 5.74) is 2.59. The molecule has 3 aromatic carbocycles. The molecule has 1 fully saturated rings. The van der Waals surface area contributed by atoms with Gasteiger partial charge in [0, 0.05) is 6.54 Å². The van der Waals surface area contributed by atoms with Gasteiger partial charge in [-0.1, -0.05) is 68.8 Å². The highest BCUT2D eigenvalue weighted by molar-refractivity contribution is 5.89. The van der Waals surface area contributed by atoms with Crippen molar-refractivity contribution in [3.8, 4) is 17.2 Å². The van der Waals surface area contributed by atoms with Crippen LogP contribution in [-0.2, 0) is 25.5 Å². The molecule has 0 aromatic heterocycles. The van der Waals surface area contributed by atoms with E-state index in [9.17, 15) is 14.4 Å². The fourth-order valence-corrected chi connectivity index (χ4v) is 6.03. The van der Waals surface area contributed by atoms with Gasteiger partial charge < -0.3 is 29.0 Å². The quantitative estimate of drug-likeness (QED) is 0.187. The van der Waals surface area contributed by atoms with Crippen LogP contribution in [0.3, 0.4) is 0 Å². The minimum absolute atomic E-state index is 0.0480. The van der Waals surface area contributed by atoms with Gasteiger partial charge in [0.1, 0.15) is 17.9 Å². The third kappa shape index (κ3) is 8.80. The normalized spacial score (nSPS) is 16.5. The summed E-state index contributed by atoms with van der Waals surface area (Å²) >= 11 is 0. The Bertz CT molecular complexity index is 1460. The van der Waals surface area contributed by atoms with Crippen molar-refractivity contribution >= 4 is 17.8 Å². The Morgan fingerprint density at radius 1 is 0.913 bits per heavy atom. The summed E-state index contributed by atoms with van der Waals surface area (Å²) < 4.78 is 22.5. The number of amides is 1. The van der Waals surface area contributed by atoms with Gasteiger partial charge in [0.2, 0.25) is 5.91 Å². The number of likely N-dealkylation sites (tertiary alicyclic amines) is 1. The van der Waals surface area contributed by atoms with E-state index in [1.807, 2.05) is 54.6 Å². The van der Waals surface area contributed by atoms with Crippen LogP contribution in [0.15, 0.2) is 72.8 Å². The van der Waals surface area contributed by atoms with Crippen LogP contribution in [0.5, 0.6) is 17.2 Å². The number of carbonyl (C=O) groups is 3. The zero-order valence-corrected chi connectivity index (χ0v) is 27.1. The number of esters is 1. The molecule has 46 heavy (non-hydrogen) atoms. The lowest BCUT2D eigenvalue weighted by molar-refractivity contribution is -0.163. The van der Waals surface area contributed by atoms with Gasteiger partial charge >= 0.3 is 11.9 Å². The number of hydrogen-bond acceptors (Lipinski definition) is 7. The zero-order valence-electron chi connectivity index (χ0n) is 27.1. The van der Waals surface area contributed by atoms with Gasteiger partial charge in [-0.3, -0.25) is 4.79 Å². The smallest absolute Gasteiger partial charge is 0.341 e. The van der Waals surface area contributed by atoms with Crippen molar-refractivity contribution in [3.05, 3.63) is 89.5 Å². The predicted octanol–water partition coefficient (Wildman–Crippen LogP) is 6.60. The van der Waals surface area contributed by atoms with E-state index >= 15 is 0 Å². The lowest BCUT2D eigenvalue weighted by Gasteiger charge is -2.38. The van der Waals surface area contributed by atoms with Gasteiger partial charge in [-0.25, -0.2) is 9.59 Å². The van der Waals surface area contributed by atoms with Crippen LogP contribution in [-0.4, -0.2) is 61.3 Å². The molecule has 3 unspecified atom stereocenters. The molecule has 246 valence electrons. The molecular weight excluding hydrogens is 586 g/mol. The Hall–Kier alpha value is -4.53. The van der Waals surface area contributed by atoms with Crippen LogP contribution in [0.2, 0.25) is 0 Å². The van der Waals surface area contributed by atoms with Gasteiger partial charge in [-0.2, -0.15) is 0 Å². The molecule has 1 aliphatic rings. The number of aryl methyl sites for hydroxylation is 1. The molecule has 9 heteroatoms. The van der Waals surface area contributed by atoms with E-state index in [0.29, 0.717) is 48.6 Å². The third-order valence-electron chi connectivity index (χ3n) is 8.69. The Labute approximate surface area is 271 Å². The van der Waals surface area contributed by atoms with E-state index in [1.165, 1.54) is 0 Å². The number of hydrogen-bond donors (Lipinski definition) is 1. The van der Waals surface area contributed by atoms with Crippen molar-refractivity contribution < 1.29 is 38.4 Å². The number of benzene rings is 3. The third-order valence-corrected chi connectivity index (χ3v) is 8.69. The largest absolute Gasteiger partial charge is 0.493 e. The van der Waals surface area contributed by atoms with Crippen molar-refractivity contribution in [1.82, 2.24) is 4.90 Å². The second kappa shape index (κ2) is 16.7. The first kappa shape index (κ1) is 34.3. The van der Waals surface area contributed by atoms with Crippen LogP contribution >= 0.6 is 0 Å². The predicted molar refractivity (Wildman–Crippen MR) is 174 cm³/mol. The highest BCUT2D eigenvalue weighted by Crippen LogP contribution is 2.34. The number of carbonyl (C=O) groups excluding carboxylic acids is 2. The van der Waals surface area contributed by atoms with E-state index in [0.717, 1.165) is 30.4 Å². The number of carboxylic acid groups (broad SMARTS) is 1. The molecule has 1 amide bonds. The van der Waals surface area contributed by atoms with Gasteiger partial charge in [0.05, 0.1) is 20.1 Å². The Balaban J connectivity index is 1.60. The fraction of sp³-hybridized carbons (Fsp3) is 0.432. The summed E-state index contributed by atoms with van der Waals surface area (Å²) in [5, 5.41) is 9.09. The standard InChI is InChI=1S/C37H45NO8/c1-5-25(2)35(27-12-7-6-8-13-27)36(41)38-21-10-9-16-30(38)37(42)46-31(28-14-11-15-29(23-28)45-24-34(39)40)19-17-26-18-20-32(43-3)33(22-26)44-4/h6-8,11-15,18,20,22-23,25,30-31,35H,5,9-10,16-17,19,21,24H2,1-4H3,(H,39,40)/t25?,30?,31-,35?/m1/s1. The number of nitrogens with zero attached hydrogens (tertiary/aromatic N) is 1. The molecule has 3 aromatic rings. The number of carboxylic acids is 1. The monoisotopic (exact) mass is 631 g/mol. The fourth-order valence-electron chi connectivity index (χ4n) is 6.03. The summed E-state index contributed by atoms with van der Waals surface area (Å²) in [5.74, 6) is -0.268. The summed E-state index contributed by atoms with van der Waals surface area (Å²) in [4.78, 5) is 41.1. The maximum absolute atomic E-state index is 14.2. The molecule has 1 aliphatic heterocycles. The Morgan fingerprint density at radius 3 is 2.35 bits per heavy atom. The van der Waals surface area contributed by atoms with E-state index in [-0.39, 0.29) is 17.7 Å². The molecule has 0 aliphatic carbocycles. The molecule has 1 saturated heterocycles. The molecule has 1 heterocycles. The summed E-state index contributed by atoms with van der Waals surface area (Å²) in [6, 6.07) is 21.7. The zero-order chi connectivity index (χ0) is 33.1. The average Bonchev–Trinajstić information content (AvgIpc) is 3.09. The van der Waals surface area contributed by atoms with Crippen molar-refractivity contribution in [2.45, 2.75) is 70.4 Å². The average molecular weight is 632 g/mol. The molecule has 0 spiro atoms. The number of ether oxygens (including phenoxy) is 4. The highest BCUT2D eigenvalue weighted by atomic mass is 16.5. The maximum atomic E-state index is 14.2. The van der Waals surface area contributed by atoms with Gasteiger partial charge in [-0.05, 0) is 79.0 Å². The van der Waals surface area contributed by atoms with E-state index in [4.69, 9.17) is 24.1 Å². The minimum Gasteiger partial charge on any atom is -0.493 e. The molecule has 0 radical (unpaired) electrons. The van der Waals surface area contributed by atoms with Crippen molar-refractivity contribution in [3.63, 3.8) is 0 Å². The van der Waals surface area contributed by atoms with Crippen LogP contribution in [0.25, 0.3) is 0 Å². The SMILES string of the molecule is CCC(C)C(C(=O)N1CCCCC1C(=O)O[C@H](CCc1ccc(OC)c(OC)c1)c1cccc(OCC(=O)O)c1)c1ccccc1. The topological polar surface area (TPSA) is 112 Å². The molecule has 4 rings (SSSR count). The lowest BCUT2D eigenvalue weighted by Crippen LogP contribution is -2.51. The van der Waals surface area contributed by atoms with E-state index in [1.54, 1.807) is 37.3 Å². The molecule has 4 atom stereocenters. The van der Waals surface area contributed by atoms with Crippen molar-refractivity contribution in [2.24, 2.45) is 5.92 Å². The molecule has 0 bridgehead atoms. The Morgan fingerprint density at radius 2 is 1.65 bits per heavy atom. The first-order chi connectivity index (χ1) is 22.2. The highest BCUT2D eigenvalue weighted by Gasteiger charge is 2.39. The summed E-state index contributed by atoms with van der Waals surface area (Å²) in [7, 11) is 3.16. The molecule has 0 saturated carbocycles. The van der Waals surface area contributed by atoms with E-state index < -0.39 is 30.7 Å². The molecule has 9 nitrogen and oxygen atoms in total. The van der Waals surface area contributed by atoms with Gasteiger partial charge in [0.25, 0.3) is 0 Å². The lowest BCUT2D eigenvalue weighted by atomic mass is 9.83. The molecular formula is C37H45NO8. The second-order valence-electron chi connectivity index (χ2n) is 11.7. The van der Waals surface area contributed by atoms with Gasteiger partial charge in [-0.15, -0.1) is 0 Å². The molecule has 1 N–H and O–H groups in total. The summed E-state index contributed by atoms with van der Waals surface area (Å²) in [6.07, 6.45) is 3.30. The number of rotatable bonds is 15. The summed E-state index contributed by atoms with van der Waals surface area (Å²) in [6.45, 7) is 4.16. The number of methoxy groups -OCH3 is 2. The Kier molecular flexibility index (Phi) is 12.5. The van der Waals surface area contributed by atoms with Crippen LogP contribution in [0.1, 0.15) is 74.7 Å². The van der Waals surface area contributed by atoms with Crippen LogP contribution < -0.4 is 14.2 Å². The maximum Gasteiger partial charge on any atom is 0.341 e. The van der Waals surface area contributed by atoms with Crippen molar-refractivity contribution in [1.29, 1.82) is 0 Å². The van der Waals surface area contributed by atoms with Gasteiger partial charge in [0.15, 0.2) is 18.1 Å².